The third kappa shape index (κ3) is 7.34. The van der Waals surface area contributed by atoms with Crippen LogP contribution in [0.1, 0.15) is 29.3 Å². The number of carbonyl (C=O) groups is 1. The second-order valence-electron chi connectivity index (χ2n) is 5.77. The Morgan fingerprint density at radius 3 is 2.58 bits per heavy atom. The zero-order valence-electron chi connectivity index (χ0n) is 15.2. The summed E-state index contributed by atoms with van der Waals surface area (Å²) in [6.07, 6.45) is 5.22. The molecule has 138 valence electrons. The number of nitrogens with one attached hydrogen (secondary N) is 3. The fourth-order valence-corrected chi connectivity index (χ4v) is 2.42. The van der Waals surface area contributed by atoms with Gasteiger partial charge >= 0.3 is 0 Å². The van der Waals surface area contributed by atoms with Crippen LogP contribution in [0.4, 0.5) is 0 Å². The van der Waals surface area contributed by atoms with Gasteiger partial charge in [0.1, 0.15) is 0 Å². The zero-order chi connectivity index (χ0) is 18.5. The summed E-state index contributed by atoms with van der Waals surface area (Å²) in [5.74, 6) is 0.654. The molecule has 0 atom stereocenters. The van der Waals surface area contributed by atoms with E-state index in [1.54, 1.807) is 24.5 Å². The summed E-state index contributed by atoms with van der Waals surface area (Å²) >= 11 is 0. The van der Waals surface area contributed by atoms with Crippen LogP contribution in [0.3, 0.4) is 0 Å². The van der Waals surface area contributed by atoms with Crippen molar-refractivity contribution in [3.8, 4) is 0 Å². The number of hydrogen-bond donors (Lipinski definition) is 3. The first kappa shape index (κ1) is 19.4. The van der Waals surface area contributed by atoms with Crippen LogP contribution >= 0.6 is 0 Å². The highest BCUT2D eigenvalue weighted by Gasteiger charge is 2.04. The van der Waals surface area contributed by atoms with Crippen LogP contribution in [0.15, 0.2) is 59.9 Å². The molecule has 26 heavy (non-hydrogen) atoms. The Balaban J connectivity index is 1.67. The monoisotopic (exact) mass is 353 g/mol. The highest BCUT2D eigenvalue weighted by molar-refractivity contribution is 5.93. The molecule has 0 saturated carbocycles. The maximum absolute atomic E-state index is 11.9. The lowest BCUT2D eigenvalue weighted by Crippen LogP contribution is -2.41. The molecule has 0 aliphatic carbocycles. The van der Waals surface area contributed by atoms with Crippen molar-refractivity contribution in [2.75, 3.05) is 26.2 Å². The van der Waals surface area contributed by atoms with Gasteiger partial charge in [-0.25, -0.2) is 0 Å². The molecule has 0 radical (unpaired) electrons. The number of aryl methyl sites for hydroxylation is 1. The molecule has 3 N–H and O–H groups in total. The van der Waals surface area contributed by atoms with Crippen LogP contribution in [-0.2, 0) is 6.42 Å². The molecule has 0 fully saturated rings. The van der Waals surface area contributed by atoms with E-state index in [1.165, 1.54) is 5.56 Å². The summed E-state index contributed by atoms with van der Waals surface area (Å²) in [4.78, 5) is 20.5. The number of amides is 1. The van der Waals surface area contributed by atoms with Gasteiger partial charge in [-0.15, -0.1) is 0 Å². The Hall–Kier alpha value is -2.89. The quantitative estimate of drug-likeness (QED) is 0.366. The number of hydrogen-bond acceptors (Lipinski definition) is 3. The van der Waals surface area contributed by atoms with E-state index < -0.39 is 0 Å². The molecular weight excluding hydrogens is 326 g/mol. The number of rotatable bonds is 9. The minimum absolute atomic E-state index is 0.121. The highest BCUT2D eigenvalue weighted by atomic mass is 16.1. The van der Waals surface area contributed by atoms with Crippen molar-refractivity contribution < 1.29 is 4.79 Å². The summed E-state index contributed by atoms with van der Waals surface area (Å²) in [5, 5.41) is 9.31. The molecule has 2 aromatic rings. The molecule has 0 saturated heterocycles. The molecule has 6 heteroatoms. The molecule has 0 bridgehead atoms. The van der Waals surface area contributed by atoms with E-state index >= 15 is 0 Å². The average molecular weight is 353 g/mol. The predicted molar refractivity (Wildman–Crippen MR) is 105 cm³/mol. The van der Waals surface area contributed by atoms with Gasteiger partial charge in [-0.3, -0.25) is 14.8 Å². The van der Waals surface area contributed by atoms with Gasteiger partial charge in [0.25, 0.3) is 5.91 Å². The molecular formula is C20H27N5O. The van der Waals surface area contributed by atoms with Crippen LogP contribution in [0.2, 0.25) is 0 Å². The van der Waals surface area contributed by atoms with Crippen LogP contribution in [-0.4, -0.2) is 43.0 Å². The molecule has 0 aliphatic heterocycles. The van der Waals surface area contributed by atoms with E-state index in [1.807, 2.05) is 13.0 Å². The van der Waals surface area contributed by atoms with E-state index in [-0.39, 0.29) is 5.91 Å². The Kier molecular flexibility index (Phi) is 8.69. The first-order valence-corrected chi connectivity index (χ1v) is 9.04. The number of pyridine rings is 1. The van der Waals surface area contributed by atoms with Gasteiger partial charge in [0, 0.05) is 38.6 Å². The van der Waals surface area contributed by atoms with Crippen molar-refractivity contribution in [2.24, 2.45) is 4.99 Å². The van der Waals surface area contributed by atoms with Crippen molar-refractivity contribution in [3.63, 3.8) is 0 Å². The first-order valence-electron chi connectivity index (χ1n) is 9.04. The third-order valence-corrected chi connectivity index (χ3v) is 3.71. The number of benzene rings is 1. The fourth-order valence-electron chi connectivity index (χ4n) is 2.42. The average Bonchev–Trinajstić information content (AvgIpc) is 2.69. The Morgan fingerprint density at radius 2 is 1.85 bits per heavy atom. The maximum Gasteiger partial charge on any atom is 0.252 e. The standard InChI is InChI=1S/C20H27N5O/c1-2-22-20(24-13-6-10-17-8-4-3-5-9-17)25-15-14-23-19(26)18-11-7-12-21-16-18/h3-5,7-9,11-12,16H,2,6,10,13-15H2,1H3,(H,23,26)(H2,22,24,25). The third-order valence-electron chi connectivity index (χ3n) is 3.71. The second-order valence-corrected chi connectivity index (χ2v) is 5.77. The van der Waals surface area contributed by atoms with Crippen molar-refractivity contribution in [2.45, 2.75) is 19.8 Å². The second kappa shape index (κ2) is 11.6. The van der Waals surface area contributed by atoms with E-state index in [0.717, 1.165) is 31.9 Å². The summed E-state index contributed by atoms with van der Waals surface area (Å²) in [5.41, 5.74) is 1.90. The minimum Gasteiger partial charge on any atom is -0.357 e. The molecule has 0 spiro atoms. The summed E-state index contributed by atoms with van der Waals surface area (Å²) < 4.78 is 0. The van der Waals surface area contributed by atoms with Gasteiger partial charge in [0.05, 0.1) is 5.56 Å². The number of guanidine groups is 1. The number of nitrogens with zero attached hydrogens (tertiary/aromatic N) is 2. The molecule has 1 heterocycles. The van der Waals surface area contributed by atoms with Crippen molar-refractivity contribution in [1.82, 2.24) is 20.9 Å². The van der Waals surface area contributed by atoms with Crippen LogP contribution in [0.25, 0.3) is 0 Å². The normalized spacial score (nSPS) is 11.0. The predicted octanol–water partition coefficient (Wildman–Crippen LogP) is 2.00. The van der Waals surface area contributed by atoms with Crippen LogP contribution < -0.4 is 16.0 Å². The first-order chi connectivity index (χ1) is 12.8. The molecule has 0 unspecified atom stereocenters. The fraction of sp³-hybridized carbons (Fsp3) is 0.350. The lowest BCUT2D eigenvalue weighted by atomic mass is 10.1. The van der Waals surface area contributed by atoms with E-state index in [9.17, 15) is 4.79 Å². The lowest BCUT2D eigenvalue weighted by Gasteiger charge is -2.12. The highest BCUT2D eigenvalue weighted by Crippen LogP contribution is 2.02. The van der Waals surface area contributed by atoms with Gasteiger partial charge in [0.2, 0.25) is 0 Å². The molecule has 1 aromatic heterocycles. The summed E-state index contributed by atoms with van der Waals surface area (Å²) in [6, 6.07) is 13.9. The topological polar surface area (TPSA) is 78.4 Å². The van der Waals surface area contributed by atoms with Gasteiger partial charge in [-0.05, 0) is 37.5 Å². The van der Waals surface area contributed by atoms with Crippen molar-refractivity contribution >= 4 is 11.9 Å². The molecule has 1 amide bonds. The smallest absolute Gasteiger partial charge is 0.252 e. The molecule has 6 nitrogen and oxygen atoms in total. The minimum atomic E-state index is -0.121. The number of aromatic nitrogens is 1. The van der Waals surface area contributed by atoms with Crippen molar-refractivity contribution in [1.29, 1.82) is 0 Å². The Labute approximate surface area is 155 Å². The van der Waals surface area contributed by atoms with Gasteiger partial charge < -0.3 is 16.0 Å². The number of aliphatic imine (C=N–C) groups is 1. The van der Waals surface area contributed by atoms with Crippen molar-refractivity contribution in [3.05, 3.63) is 66.0 Å². The van der Waals surface area contributed by atoms with Crippen LogP contribution in [0.5, 0.6) is 0 Å². The Morgan fingerprint density at radius 1 is 1.04 bits per heavy atom. The maximum atomic E-state index is 11.9. The van der Waals surface area contributed by atoms with E-state index in [2.05, 4.69) is 50.2 Å². The van der Waals surface area contributed by atoms with Gasteiger partial charge in [0.15, 0.2) is 5.96 Å². The van der Waals surface area contributed by atoms with E-state index in [4.69, 9.17) is 0 Å². The molecule has 0 aliphatic rings. The molecule has 1 aromatic carbocycles. The SMILES string of the molecule is CCNC(=NCCCc1ccccc1)NCCNC(=O)c1cccnc1. The largest absolute Gasteiger partial charge is 0.357 e. The van der Waals surface area contributed by atoms with E-state index in [0.29, 0.717) is 18.7 Å². The summed E-state index contributed by atoms with van der Waals surface area (Å²) in [7, 11) is 0. The van der Waals surface area contributed by atoms with Crippen LogP contribution in [0, 0.1) is 0 Å². The summed E-state index contributed by atoms with van der Waals surface area (Å²) in [6.45, 7) is 4.71. The zero-order valence-corrected chi connectivity index (χ0v) is 15.2. The molecule has 2 rings (SSSR count). The number of carbonyl (C=O) groups excluding carboxylic acids is 1. The Bertz CT molecular complexity index is 673. The van der Waals surface area contributed by atoms with Gasteiger partial charge in [-0.2, -0.15) is 0 Å². The van der Waals surface area contributed by atoms with Gasteiger partial charge in [-0.1, -0.05) is 30.3 Å². The lowest BCUT2D eigenvalue weighted by molar-refractivity contribution is 0.0954.